The van der Waals surface area contributed by atoms with Crippen LogP contribution in [0.4, 0.5) is 0 Å². The van der Waals surface area contributed by atoms with Crippen molar-refractivity contribution in [2.24, 2.45) is 0 Å². The molecule has 1 heterocycles. The van der Waals surface area contributed by atoms with Crippen LogP contribution in [0.25, 0.3) is 0 Å². The highest BCUT2D eigenvalue weighted by molar-refractivity contribution is 4.81. The van der Waals surface area contributed by atoms with Crippen molar-refractivity contribution in [1.29, 1.82) is 0 Å². The molecular formula is C10H21NO. The smallest absolute Gasteiger partial charge is 0.135 e. The first-order valence-corrected chi connectivity index (χ1v) is 5.27. The Morgan fingerprint density at radius 2 is 2.00 bits per heavy atom. The van der Waals surface area contributed by atoms with Gasteiger partial charge in [0.1, 0.15) is 6.23 Å². The first kappa shape index (κ1) is 10.0. The molecule has 12 heavy (non-hydrogen) atoms. The minimum Gasteiger partial charge on any atom is -0.353 e. The number of rotatable bonds is 7. The van der Waals surface area contributed by atoms with E-state index >= 15 is 0 Å². The number of ether oxygens (including phenoxy) is 1. The maximum atomic E-state index is 5.43. The lowest BCUT2D eigenvalue weighted by atomic mass is 10.1. The van der Waals surface area contributed by atoms with Gasteiger partial charge in [0.25, 0.3) is 0 Å². The van der Waals surface area contributed by atoms with Crippen LogP contribution in [0, 0.1) is 0 Å². The van der Waals surface area contributed by atoms with Crippen LogP contribution in [0.3, 0.4) is 0 Å². The van der Waals surface area contributed by atoms with Crippen LogP contribution in [0.5, 0.6) is 0 Å². The Morgan fingerprint density at radius 3 is 2.67 bits per heavy atom. The molecule has 0 saturated carbocycles. The van der Waals surface area contributed by atoms with Crippen molar-refractivity contribution in [2.45, 2.75) is 58.3 Å². The van der Waals surface area contributed by atoms with Gasteiger partial charge in [-0.05, 0) is 13.0 Å². The Morgan fingerprint density at radius 1 is 1.17 bits per heavy atom. The van der Waals surface area contributed by atoms with Gasteiger partial charge in [-0.25, -0.2) is 0 Å². The minimum atomic E-state index is 0.386. The maximum absolute atomic E-state index is 5.43. The number of unbranched alkanes of at least 4 members (excludes halogenated alkanes) is 3. The quantitative estimate of drug-likeness (QED) is 0.469. The van der Waals surface area contributed by atoms with Gasteiger partial charge in [0.15, 0.2) is 0 Å². The monoisotopic (exact) mass is 171 g/mol. The summed E-state index contributed by atoms with van der Waals surface area (Å²) in [5.41, 5.74) is 0. The average molecular weight is 171 g/mol. The fourth-order valence-corrected chi connectivity index (χ4v) is 1.52. The van der Waals surface area contributed by atoms with Crippen LogP contribution in [0.15, 0.2) is 0 Å². The standard InChI is InChI=1S/C10H21NO/c1-3-5-6-7-8-9-10(12-9)11-4-2/h9-11H,3-8H2,1-2H3/t9-,10?/m1/s1. The fourth-order valence-electron chi connectivity index (χ4n) is 1.52. The zero-order chi connectivity index (χ0) is 8.81. The summed E-state index contributed by atoms with van der Waals surface area (Å²) in [4.78, 5) is 0. The van der Waals surface area contributed by atoms with Crippen LogP contribution in [-0.2, 0) is 4.74 Å². The topological polar surface area (TPSA) is 24.6 Å². The summed E-state index contributed by atoms with van der Waals surface area (Å²) in [6, 6.07) is 0. The average Bonchev–Trinajstić information content (AvgIpc) is 2.79. The number of epoxide rings is 1. The van der Waals surface area contributed by atoms with Crippen molar-refractivity contribution in [3.05, 3.63) is 0 Å². The maximum Gasteiger partial charge on any atom is 0.135 e. The largest absolute Gasteiger partial charge is 0.353 e. The second kappa shape index (κ2) is 5.55. The van der Waals surface area contributed by atoms with E-state index in [9.17, 15) is 0 Å². The molecule has 0 spiro atoms. The van der Waals surface area contributed by atoms with Crippen molar-refractivity contribution in [2.75, 3.05) is 6.54 Å². The van der Waals surface area contributed by atoms with E-state index in [1.165, 1.54) is 32.1 Å². The lowest BCUT2D eigenvalue weighted by molar-refractivity contribution is 0.339. The number of hydrogen-bond donors (Lipinski definition) is 1. The summed E-state index contributed by atoms with van der Waals surface area (Å²) < 4.78 is 5.43. The summed E-state index contributed by atoms with van der Waals surface area (Å²) in [5, 5.41) is 3.29. The zero-order valence-electron chi connectivity index (χ0n) is 8.31. The highest BCUT2D eigenvalue weighted by Gasteiger charge is 2.36. The Labute approximate surface area is 75.7 Å². The van der Waals surface area contributed by atoms with Crippen molar-refractivity contribution in [3.63, 3.8) is 0 Å². The van der Waals surface area contributed by atoms with Gasteiger partial charge in [0.2, 0.25) is 0 Å². The molecule has 72 valence electrons. The van der Waals surface area contributed by atoms with Gasteiger partial charge < -0.3 is 4.74 Å². The highest BCUT2D eigenvalue weighted by atomic mass is 16.6. The molecule has 2 nitrogen and oxygen atoms in total. The fraction of sp³-hybridized carbons (Fsp3) is 1.00. The van der Waals surface area contributed by atoms with E-state index in [-0.39, 0.29) is 0 Å². The van der Waals surface area contributed by atoms with Crippen LogP contribution in [0.1, 0.15) is 46.0 Å². The third-order valence-corrected chi connectivity index (χ3v) is 2.33. The Kier molecular flexibility index (Phi) is 4.62. The van der Waals surface area contributed by atoms with Gasteiger partial charge in [-0.15, -0.1) is 0 Å². The second-order valence-electron chi connectivity index (χ2n) is 3.50. The van der Waals surface area contributed by atoms with Crippen molar-refractivity contribution in [3.8, 4) is 0 Å². The molecule has 0 radical (unpaired) electrons. The van der Waals surface area contributed by atoms with Gasteiger partial charge in [-0.3, -0.25) is 5.32 Å². The van der Waals surface area contributed by atoms with Crippen molar-refractivity contribution >= 4 is 0 Å². The normalized spacial score (nSPS) is 27.5. The van der Waals surface area contributed by atoms with Crippen molar-refractivity contribution < 1.29 is 4.74 Å². The molecule has 1 unspecified atom stereocenters. The number of nitrogens with one attached hydrogen (secondary N) is 1. The Balaban J connectivity index is 1.83. The van der Waals surface area contributed by atoms with Crippen LogP contribution in [-0.4, -0.2) is 18.9 Å². The summed E-state index contributed by atoms with van der Waals surface area (Å²) in [7, 11) is 0. The molecular weight excluding hydrogens is 150 g/mol. The first-order chi connectivity index (χ1) is 5.88. The molecule has 0 aromatic carbocycles. The third-order valence-electron chi connectivity index (χ3n) is 2.33. The third kappa shape index (κ3) is 3.55. The van der Waals surface area contributed by atoms with Crippen LogP contribution < -0.4 is 5.32 Å². The predicted octanol–water partition coefficient (Wildman–Crippen LogP) is 2.29. The molecule has 2 atom stereocenters. The SMILES string of the molecule is CCCCCC[C@H]1OC1NCC. The van der Waals surface area contributed by atoms with E-state index in [2.05, 4.69) is 19.2 Å². The number of hydrogen-bond acceptors (Lipinski definition) is 2. The summed E-state index contributed by atoms with van der Waals surface area (Å²) in [6.07, 6.45) is 7.56. The molecule has 0 aliphatic carbocycles. The second-order valence-corrected chi connectivity index (χ2v) is 3.50. The van der Waals surface area contributed by atoms with Crippen LogP contribution >= 0.6 is 0 Å². The highest BCUT2D eigenvalue weighted by Crippen LogP contribution is 2.24. The molecule has 2 heteroatoms. The molecule has 0 aromatic rings. The molecule has 1 aliphatic heterocycles. The van der Waals surface area contributed by atoms with Gasteiger partial charge in [0, 0.05) is 0 Å². The van der Waals surface area contributed by atoms with E-state index < -0.39 is 0 Å². The van der Waals surface area contributed by atoms with E-state index in [0.29, 0.717) is 12.3 Å². The molecule has 0 amide bonds. The van der Waals surface area contributed by atoms with Gasteiger partial charge in [0.05, 0.1) is 6.10 Å². The minimum absolute atomic E-state index is 0.386. The van der Waals surface area contributed by atoms with Gasteiger partial charge in [-0.2, -0.15) is 0 Å². The first-order valence-electron chi connectivity index (χ1n) is 5.27. The van der Waals surface area contributed by atoms with E-state index in [1.54, 1.807) is 0 Å². The molecule has 0 aromatic heterocycles. The van der Waals surface area contributed by atoms with E-state index in [1.807, 2.05) is 0 Å². The van der Waals surface area contributed by atoms with E-state index in [0.717, 1.165) is 6.54 Å². The zero-order valence-corrected chi connectivity index (χ0v) is 8.31. The molecule has 1 rings (SSSR count). The number of likely N-dealkylation sites (N-methyl/N-ethyl adjacent to an activating group) is 1. The summed E-state index contributed by atoms with van der Waals surface area (Å²) >= 11 is 0. The van der Waals surface area contributed by atoms with E-state index in [4.69, 9.17) is 4.74 Å². The molecule has 1 fully saturated rings. The molecule has 0 bridgehead atoms. The van der Waals surface area contributed by atoms with Crippen molar-refractivity contribution in [1.82, 2.24) is 5.32 Å². The molecule has 1 aliphatic rings. The predicted molar refractivity (Wildman–Crippen MR) is 51.1 cm³/mol. The summed E-state index contributed by atoms with van der Waals surface area (Å²) in [5.74, 6) is 0. The van der Waals surface area contributed by atoms with Gasteiger partial charge in [-0.1, -0.05) is 39.5 Å². The van der Waals surface area contributed by atoms with Gasteiger partial charge >= 0.3 is 0 Å². The molecule has 1 N–H and O–H groups in total. The summed E-state index contributed by atoms with van der Waals surface area (Å²) in [6.45, 7) is 5.39. The lowest BCUT2D eigenvalue weighted by Crippen LogP contribution is -2.18. The Bertz CT molecular complexity index is 116. The lowest BCUT2D eigenvalue weighted by Gasteiger charge is -1.96. The molecule has 1 saturated heterocycles. The van der Waals surface area contributed by atoms with Crippen LogP contribution in [0.2, 0.25) is 0 Å². The Hall–Kier alpha value is -0.0800.